The number of Topliss-reactive ketones (excluding diaryl/α,β-unsaturated/α-hetero) is 1. The van der Waals surface area contributed by atoms with Crippen LogP contribution < -0.4 is 0 Å². The van der Waals surface area contributed by atoms with Crippen LogP contribution >= 0.6 is 11.6 Å². The van der Waals surface area contributed by atoms with Gasteiger partial charge in [0.1, 0.15) is 5.71 Å². The molecule has 1 N–H and O–H groups in total. The summed E-state index contributed by atoms with van der Waals surface area (Å²) >= 11 is 6.18. The first-order valence-electron chi connectivity index (χ1n) is 11.8. The largest absolute Gasteiger partial charge is 0.410 e. The van der Waals surface area contributed by atoms with Crippen LogP contribution in [0.5, 0.6) is 0 Å². The normalized spacial score (nSPS) is 15.9. The number of hydrogen-bond donors (Lipinski definition) is 1. The zero-order valence-corrected chi connectivity index (χ0v) is 20.5. The van der Waals surface area contributed by atoms with E-state index in [9.17, 15) is 14.8 Å². The molecule has 5 rings (SSSR count). The third-order valence-corrected chi connectivity index (χ3v) is 6.62. The SMILES string of the molecule is O=C1Cc2cc(Cl)ccc2C(=O)N(Cc2ccc(C(=NO)c3ccccn3)cc2)[C@@H]1Cc1ccccn1. The highest BCUT2D eigenvalue weighted by molar-refractivity contribution is 6.30. The summed E-state index contributed by atoms with van der Waals surface area (Å²) in [5.41, 5.74) is 4.22. The quantitative estimate of drug-likeness (QED) is 0.230. The van der Waals surface area contributed by atoms with Gasteiger partial charge in [-0.05, 0) is 53.6 Å². The highest BCUT2D eigenvalue weighted by Gasteiger charge is 2.35. The summed E-state index contributed by atoms with van der Waals surface area (Å²) in [6.45, 7) is 0.222. The fourth-order valence-corrected chi connectivity index (χ4v) is 4.73. The summed E-state index contributed by atoms with van der Waals surface area (Å²) in [6, 6.07) is 22.6. The number of benzene rings is 2. The van der Waals surface area contributed by atoms with E-state index in [0.29, 0.717) is 39.5 Å². The summed E-state index contributed by atoms with van der Waals surface area (Å²) in [4.78, 5) is 37.5. The average Bonchev–Trinajstić information content (AvgIpc) is 3.01. The molecule has 3 heterocycles. The van der Waals surface area contributed by atoms with Gasteiger partial charge in [-0.25, -0.2) is 0 Å². The maximum atomic E-state index is 13.8. The molecule has 2 aromatic carbocycles. The zero-order valence-electron chi connectivity index (χ0n) is 19.8. The number of ketones is 1. The molecule has 37 heavy (non-hydrogen) atoms. The van der Waals surface area contributed by atoms with Gasteiger partial charge in [-0.3, -0.25) is 19.6 Å². The van der Waals surface area contributed by atoms with E-state index in [1.807, 2.05) is 48.5 Å². The molecule has 0 radical (unpaired) electrons. The predicted molar refractivity (Wildman–Crippen MR) is 140 cm³/mol. The summed E-state index contributed by atoms with van der Waals surface area (Å²) < 4.78 is 0. The highest BCUT2D eigenvalue weighted by Crippen LogP contribution is 2.27. The maximum Gasteiger partial charge on any atom is 0.255 e. The van der Waals surface area contributed by atoms with E-state index in [2.05, 4.69) is 15.1 Å². The molecular weight excluding hydrogens is 488 g/mol. The smallest absolute Gasteiger partial charge is 0.255 e. The molecule has 1 aliphatic rings. The van der Waals surface area contributed by atoms with E-state index in [-0.39, 0.29) is 24.7 Å². The number of fused-ring (bicyclic) bond motifs is 1. The van der Waals surface area contributed by atoms with Gasteiger partial charge in [-0.2, -0.15) is 0 Å². The van der Waals surface area contributed by atoms with Crippen molar-refractivity contribution in [2.75, 3.05) is 0 Å². The number of halogens is 1. The van der Waals surface area contributed by atoms with Crippen molar-refractivity contribution in [1.29, 1.82) is 0 Å². The number of rotatable bonds is 6. The number of amides is 1. The number of aromatic nitrogens is 2. The molecule has 0 saturated heterocycles. The van der Waals surface area contributed by atoms with E-state index in [4.69, 9.17) is 11.6 Å². The molecule has 4 aromatic rings. The molecule has 1 aliphatic heterocycles. The van der Waals surface area contributed by atoms with E-state index in [1.54, 1.807) is 47.6 Å². The van der Waals surface area contributed by atoms with Crippen LogP contribution in [0.25, 0.3) is 0 Å². The Morgan fingerprint density at radius 2 is 1.73 bits per heavy atom. The second-order valence-electron chi connectivity index (χ2n) is 8.78. The summed E-state index contributed by atoms with van der Waals surface area (Å²) in [5, 5.41) is 13.5. The Bertz CT molecular complexity index is 1460. The summed E-state index contributed by atoms with van der Waals surface area (Å²) in [5.74, 6) is -0.296. The molecule has 0 spiro atoms. The molecule has 2 aromatic heterocycles. The molecule has 7 nitrogen and oxygen atoms in total. The van der Waals surface area contributed by atoms with Crippen LogP contribution in [0.2, 0.25) is 5.02 Å². The summed E-state index contributed by atoms with van der Waals surface area (Å²) in [7, 11) is 0. The Morgan fingerprint density at radius 3 is 2.41 bits per heavy atom. The number of carbonyl (C=O) groups is 2. The van der Waals surface area contributed by atoms with Crippen LogP contribution in [-0.2, 0) is 24.2 Å². The third-order valence-electron chi connectivity index (χ3n) is 6.39. The molecule has 0 bridgehead atoms. The van der Waals surface area contributed by atoms with Gasteiger partial charge in [0.25, 0.3) is 5.91 Å². The van der Waals surface area contributed by atoms with E-state index in [0.717, 1.165) is 11.3 Å². The van der Waals surface area contributed by atoms with Gasteiger partial charge in [-0.1, -0.05) is 53.2 Å². The van der Waals surface area contributed by atoms with Crippen molar-refractivity contribution in [2.24, 2.45) is 5.16 Å². The number of oxime groups is 1. The van der Waals surface area contributed by atoms with Crippen molar-refractivity contribution < 1.29 is 14.8 Å². The van der Waals surface area contributed by atoms with Crippen LogP contribution in [0, 0.1) is 0 Å². The van der Waals surface area contributed by atoms with Gasteiger partial charge >= 0.3 is 0 Å². The molecule has 1 atom stereocenters. The van der Waals surface area contributed by atoms with Gasteiger partial charge in [0.15, 0.2) is 5.78 Å². The van der Waals surface area contributed by atoms with Crippen LogP contribution in [0.1, 0.15) is 38.4 Å². The van der Waals surface area contributed by atoms with Gasteiger partial charge in [0.2, 0.25) is 0 Å². The van der Waals surface area contributed by atoms with Crippen LogP contribution in [-0.4, -0.2) is 43.5 Å². The first kappa shape index (κ1) is 24.3. The molecule has 1 amide bonds. The molecule has 8 heteroatoms. The molecule has 0 fully saturated rings. The Morgan fingerprint density at radius 1 is 0.973 bits per heavy atom. The average molecular weight is 511 g/mol. The lowest BCUT2D eigenvalue weighted by molar-refractivity contribution is -0.122. The minimum atomic E-state index is -0.684. The van der Waals surface area contributed by atoms with Crippen LogP contribution in [0.4, 0.5) is 0 Å². The Balaban J connectivity index is 1.47. The predicted octanol–water partition coefficient (Wildman–Crippen LogP) is 4.74. The van der Waals surface area contributed by atoms with Crippen LogP contribution in [0.3, 0.4) is 0 Å². The van der Waals surface area contributed by atoms with Gasteiger partial charge in [-0.15, -0.1) is 0 Å². The standard InChI is InChI=1S/C29H23ClN4O3/c30-22-11-12-24-21(15-22)16-27(35)26(17-23-5-1-3-13-31-23)34(29(24)36)18-19-7-9-20(10-8-19)28(33-37)25-6-2-4-14-32-25/h1-15,26,37H,16-18H2/t26-/m1/s1. The second-order valence-corrected chi connectivity index (χ2v) is 9.22. The van der Waals surface area contributed by atoms with Crippen molar-refractivity contribution >= 4 is 29.0 Å². The van der Waals surface area contributed by atoms with Crippen molar-refractivity contribution in [2.45, 2.75) is 25.4 Å². The number of hydrogen-bond acceptors (Lipinski definition) is 6. The first-order valence-corrected chi connectivity index (χ1v) is 12.2. The Kier molecular flexibility index (Phi) is 7.05. The fourth-order valence-electron chi connectivity index (χ4n) is 4.54. The van der Waals surface area contributed by atoms with Crippen molar-refractivity contribution in [1.82, 2.24) is 14.9 Å². The van der Waals surface area contributed by atoms with E-state index < -0.39 is 6.04 Å². The minimum Gasteiger partial charge on any atom is -0.410 e. The fraction of sp³-hybridized carbons (Fsp3) is 0.138. The molecular formula is C29H23ClN4O3. The monoisotopic (exact) mass is 510 g/mol. The van der Waals surface area contributed by atoms with Gasteiger partial charge < -0.3 is 10.1 Å². The zero-order chi connectivity index (χ0) is 25.8. The van der Waals surface area contributed by atoms with Gasteiger partial charge in [0, 0.05) is 53.6 Å². The lowest BCUT2D eigenvalue weighted by Gasteiger charge is -2.29. The molecule has 0 aliphatic carbocycles. The van der Waals surface area contributed by atoms with Crippen molar-refractivity contribution in [3.05, 3.63) is 130 Å². The minimum absolute atomic E-state index is 0.0681. The molecule has 0 saturated carbocycles. The van der Waals surface area contributed by atoms with Gasteiger partial charge in [0.05, 0.1) is 11.7 Å². The number of carbonyl (C=O) groups excluding carboxylic acids is 2. The van der Waals surface area contributed by atoms with Crippen LogP contribution in [0.15, 0.2) is 96.4 Å². The number of nitrogens with zero attached hydrogens (tertiary/aromatic N) is 4. The first-order chi connectivity index (χ1) is 18.0. The second kappa shape index (κ2) is 10.7. The third kappa shape index (κ3) is 5.27. The highest BCUT2D eigenvalue weighted by atomic mass is 35.5. The maximum absolute atomic E-state index is 13.8. The lowest BCUT2D eigenvalue weighted by Crippen LogP contribution is -2.44. The van der Waals surface area contributed by atoms with Crippen molar-refractivity contribution in [3.8, 4) is 0 Å². The van der Waals surface area contributed by atoms with E-state index in [1.165, 1.54) is 0 Å². The topological polar surface area (TPSA) is 95.8 Å². The van der Waals surface area contributed by atoms with E-state index >= 15 is 0 Å². The lowest BCUT2D eigenvalue weighted by atomic mass is 9.99. The Hall–Kier alpha value is -4.36. The summed E-state index contributed by atoms with van der Waals surface area (Å²) in [6.07, 6.45) is 3.74. The molecule has 184 valence electrons. The molecule has 0 unspecified atom stereocenters. The van der Waals surface area contributed by atoms with Crippen molar-refractivity contribution in [3.63, 3.8) is 0 Å². The Labute approximate surface area is 219 Å². The number of pyridine rings is 2.